The van der Waals surface area contributed by atoms with Gasteiger partial charge in [0.15, 0.2) is 11.5 Å². The number of nitrogens with one attached hydrogen (secondary N) is 2. The number of carbonyl (C=O) groups excluding carboxylic acids is 2. The minimum Gasteiger partial charge on any atom is -0.464 e. The van der Waals surface area contributed by atoms with Gasteiger partial charge in [-0.15, -0.1) is 0 Å². The second kappa shape index (κ2) is 9.15. The summed E-state index contributed by atoms with van der Waals surface area (Å²) >= 11 is 0. The van der Waals surface area contributed by atoms with E-state index in [1.807, 2.05) is 6.92 Å². The molecule has 1 amide bonds. The van der Waals surface area contributed by atoms with Crippen molar-refractivity contribution in [3.05, 3.63) is 77.8 Å². The number of esters is 1. The van der Waals surface area contributed by atoms with Crippen LogP contribution < -0.4 is 10.6 Å². The average molecular weight is 450 g/mol. The van der Waals surface area contributed by atoms with Crippen LogP contribution >= 0.6 is 0 Å². The number of aromatic nitrogens is 2. The molecule has 0 bridgehead atoms. The average Bonchev–Trinajstić information content (AvgIpc) is 3.42. The number of carbonyl (C=O) groups is 2. The van der Waals surface area contributed by atoms with Crippen molar-refractivity contribution < 1.29 is 23.1 Å². The summed E-state index contributed by atoms with van der Waals surface area (Å²) in [6, 6.07) is 11.4. The summed E-state index contributed by atoms with van der Waals surface area (Å²) < 4.78 is 25.7. The Hall–Kier alpha value is -4.14. The highest BCUT2D eigenvalue weighted by molar-refractivity contribution is 6.14. The lowest BCUT2D eigenvalue weighted by atomic mass is 10.1. The summed E-state index contributed by atoms with van der Waals surface area (Å²) in [6.45, 7) is 1.93. The molecule has 9 heteroatoms. The van der Waals surface area contributed by atoms with Crippen molar-refractivity contribution in [3.63, 3.8) is 0 Å². The van der Waals surface area contributed by atoms with Crippen molar-refractivity contribution >= 4 is 34.3 Å². The minimum absolute atomic E-state index is 0.101. The normalized spacial score (nSPS) is 11.9. The summed E-state index contributed by atoms with van der Waals surface area (Å²) in [4.78, 5) is 29.6. The Kier molecular flexibility index (Phi) is 6.12. The van der Waals surface area contributed by atoms with E-state index in [0.717, 1.165) is 0 Å². The molecule has 33 heavy (non-hydrogen) atoms. The van der Waals surface area contributed by atoms with E-state index in [9.17, 15) is 14.0 Å². The summed E-state index contributed by atoms with van der Waals surface area (Å²) in [5, 5.41) is 6.59. The lowest BCUT2D eigenvalue weighted by Crippen LogP contribution is -2.19. The van der Waals surface area contributed by atoms with Crippen molar-refractivity contribution in [1.82, 2.24) is 9.55 Å². The number of benzene rings is 1. The summed E-state index contributed by atoms with van der Waals surface area (Å²) in [7, 11) is 2.93. The fourth-order valence-corrected chi connectivity index (χ4v) is 3.76. The molecule has 0 spiro atoms. The van der Waals surface area contributed by atoms with E-state index >= 15 is 0 Å². The number of rotatable bonds is 7. The molecule has 170 valence electrons. The molecule has 3 heterocycles. The van der Waals surface area contributed by atoms with Crippen molar-refractivity contribution in [2.24, 2.45) is 7.05 Å². The first-order valence-corrected chi connectivity index (χ1v) is 10.3. The van der Waals surface area contributed by atoms with Crippen molar-refractivity contribution in [1.29, 1.82) is 0 Å². The van der Waals surface area contributed by atoms with Crippen LogP contribution in [0.2, 0.25) is 0 Å². The first-order valence-electron chi connectivity index (χ1n) is 10.3. The van der Waals surface area contributed by atoms with E-state index in [0.29, 0.717) is 28.7 Å². The number of halogens is 1. The maximum absolute atomic E-state index is 14.0. The Morgan fingerprint density at radius 3 is 2.73 bits per heavy atom. The zero-order valence-electron chi connectivity index (χ0n) is 18.4. The molecule has 0 aliphatic rings. The molecular weight excluding hydrogens is 427 g/mol. The van der Waals surface area contributed by atoms with Crippen LogP contribution in [0.3, 0.4) is 0 Å². The Morgan fingerprint density at radius 1 is 1.24 bits per heavy atom. The Labute approximate surface area is 189 Å². The number of pyridine rings is 1. The van der Waals surface area contributed by atoms with E-state index in [2.05, 4.69) is 15.6 Å². The van der Waals surface area contributed by atoms with Gasteiger partial charge in [0.1, 0.15) is 11.5 Å². The maximum Gasteiger partial charge on any atom is 0.356 e. The molecule has 3 aromatic heterocycles. The third-order valence-electron chi connectivity index (χ3n) is 5.29. The number of methoxy groups -OCH3 is 1. The maximum atomic E-state index is 14.0. The van der Waals surface area contributed by atoms with Crippen LogP contribution in [0.1, 0.15) is 33.5 Å². The molecule has 0 saturated carbocycles. The molecule has 0 fully saturated rings. The summed E-state index contributed by atoms with van der Waals surface area (Å²) in [5.74, 6) is -1.28. The monoisotopic (exact) mass is 450 g/mol. The first-order chi connectivity index (χ1) is 15.9. The zero-order valence-corrected chi connectivity index (χ0v) is 18.4. The Morgan fingerprint density at radius 2 is 2.03 bits per heavy atom. The standard InChI is InChI=1S/C24H23FN4O4/c1-14(11-15-7-4-5-8-18(15)25)27-16-12-17-20(28-23(30)19-9-6-10-33-19)21(24(31)32-3)29(2)22(17)26-13-16/h4-10,12-14,27H,11H2,1-3H3,(H,28,30)/t14-/m0/s1. The third-order valence-corrected chi connectivity index (χ3v) is 5.29. The number of nitrogens with zero attached hydrogens (tertiary/aromatic N) is 2. The van der Waals surface area contributed by atoms with E-state index in [-0.39, 0.29) is 29.0 Å². The van der Waals surface area contributed by atoms with Gasteiger partial charge in [-0.3, -0.25) is 4.79 Å². The molecule has 2 N–H and O–H groups in total. The molecule has 0 aliphatic carbocycles. The molecular formula is C24H23FN4O4. The number of amides is 1. The lowest BCUT2D eigenvalue weighted by Gasteiger charge is -2.16. The van der Waals surface area contributed by atoms with Gasteiger partial charge >= 0.3 is 5.97 Å². The number of fused-ring (bicyclic) bond motifs is 1. The van der Waals surface area contributed by atoms with Gasteiger partial charge in [-0.25, -0.2) is 14.2 Å². The van der Waals surface area contributed by atoms with Crippen LogP contribution in [0.15, 0.2) is 59.3 Å². The highest BCUT2D eigenvalue weighted by Crippen LogP contribution is 2.32. The Bertz CT molecular complexity index is 1310. The molecule has 1 atom stereocenters. The first kappa shape index (κ1) is 22.1. The predicted molar refractivity (Wildman–Crippen MR) is 122 cm³/mol. The van der Waals surface area contributed by atoms with Crippen molar-refractivity contribution in [2.45, 2.75) is 19.4 Å². The van der Waals surface area contributed by atoms with Crippen LogP contribution in [-0.2, 0) is 18.2 Å². The molecule has 0 radical (unpaired) electrons. The largest absolute Gasteiger partial charge is 0.464 e. The topological polar surface area (TPSA) is 98.4 Å². The van der Waals surface area contributed by atoms with Crippen molar-refractivity contribution in [2.75, 3.05) is 17.7 Å². The van der Waals surface area contributed by atoms with Gasteiger partial charge in [0.2, 0.25) is 0 Å². The van der Waals surface area contributed by atoms with Gasteiger partial charge in [-0.05, 0) is 43.2 Å². The smallest absolute Gasteiger partial charge is 0.356 e. The van der Waals surface area contributed by atoms with Crippen LogP contribution in [0, 0.1) is 5.82 Å². The highest BCUT2D eigenvalue weighted by Gasteiger charge is 2.25. The van der Waals surface area contributed by atoms with Gasteiger partial charge in [0.25, 0.3) is 5.91 Å². The van der Waals surface area contributed by atoms with Gasteiger partial charge < -0.3 is 24.4 Å². The molecule has 1 aromatic carbocycles. The summed E-state index contributed by atoms with van der Waals surface area (Å²) in [6.07, 6.45) is 3.48. The number of ether oxygens (including phenoxy) is 1. The molecule has 0 unspecified atom stereocenters. The minimum atomic E-state index is -0.618. The second-order valence-electron chi connectivity index (χ2n) is 7.64. The number of furan rings is 1. The van der Waals surface area contributed by atoms with Crippen LogP contribution in [-0.4, -0.2) is 34.6 Å². The molecule has 8 nitrogen and oxygen atoms in total. The van der Waals surface area contributed by atoms with Crippen molar-refractivity contribution in [3.8, 4) is 0 Å². The van der Waals surface area contributed by atoms with Crippen LogP contribution in [0.5, 0.6) is 0 Å². The lowest BCUT2D eigenvalue weighted by molar-refractivity contribution is 0.0591. The molecule has 4 aromatic rings. The van der Waals surface area contributed by atoms with E-state index < -0.39 is 11.9 Å². The quantitative estimate of drug-likeness (QED) is 0.405. The fraction of sp³-hybridized carbons (Fsp3) is 0.208. The predicted octanol–water partition coefficient (Wildman–Crippen LogP) is 4.39. The van der Waals surface area contributed by atoms with E-state index in [1.165, 1.54) is 25.5 Å². The Balaban J connectivity index is 1.68. The van der Waals surface area contributed by atoms with Crippen LogP contribution in [0.4, 0.5) is 15.8 Å². The molecule has 4 rings (SSSR count). The highest BCUT2D eigenvalue weighted by atomic mass is 19.1. The second-order valence-corrected chi connectivity index (χ2v) is 7.64. The zero-order chi connectivity index (χ0) is 23.5. The van der Waals surface area contributed by atoms with E-state index in [1.54, 1.807) is 48.1 Å². The number of aryl methyl sites for hydroxylation is 1. The summed E-state index contributed by atoms with van der Waals surface area (Å²) in [5.41, 5.74) is 2.15. The fourth-order valence-electron chi connectivity index (χ4n) is 3.76. The number of hydrogen-bond acceptors (Lipinski definition) is 6. The molecule has 0 saturated heterocycles. The SMILES string of the molecule is COC(=O)c1c(NC(=O)c2ccco2)c2cc(N[C@@H](C)Cc3ccccc3F)cnc2n1C. The van der Waals surface area contributed by atoms with Gasteiger partial charge in [0.05, 0.1) is 30.9 Å². The number of anilines is 2. The van der Waals surface area contributed by atoms with Crippen LogP contribution in [0.25, 0.3) is 11.0 Å². The van der Waals surface area contributed by atoms with Gasteiger partial charge in [-0.2, -0.15) is 0 Å². The number of hydrogen-bond donors (Lipinski definition) is 2. The van der Waals surface area contributed by atoms with E-state index in [4.69, 9.17) is 9.15 Å². The van der Waals surface area contributed by atoms with Gasteiger partial charge in [0, 0.05) is 18.5 Å². The molecule has 0 aliphatic heterocycles. The van der Waals surface area contributed by atoms with Gasteiger partial charge in [-0.1, -0.05) is 18.2 Å². The third kappa shape index (κ3) is 4.43.